The van der Waals surface area contributed by atoms with Gasteiger partial charge in [0, 0.05) is 12.2 Å². The van der Waals surface area contributed by atoms with E-state index in [-0.39, 0.29) is 0 Å². The largest absolute Gasteiger partial charge is 0.465 e. The summed E-state index contributed by atoms with van der Waals surface area (Å²) in [6.45, 7) is 1.39. The van der Waals surface area contributed by atoms with Crippen LogP contribution in [0.2, 0.25) is 5.02 Å². The Morgan fingerprint density at radius 1 is 1.56 bits per heavy atom. The number of benzene rings is 1. The van der Waals surface area contributed by atoms with Gasteiger partial charge in [-0.15, -0.1) is 0 Å². The van der Waals surface area contributed by atoms with Gasteiger partial charge in [0.2, 0.25) is 0 Å². The minimum Gasteiger partial charge on any atom is -0.465 e. The van der Waals surface area contributed by atoms with Crippen molar-refractivity contribution in [2.45, 2.75) is 6.42 Å². The quantitative estimate of drug-likeness (QED) is 0.611. The highest BCUT2D eigenvalue weighted by atomic mass is 35.5. The Morgan fingerprint density at radius 3 is 2.94 bits per heavy atom. The molecule has 0 atom stereocenters. The van der Waals surface area contributed by atoms with Gasteiger partial charge in [0.25, 0.3) is 0 Å². The summed E-state index contributed by atoms with van der Waals surface area (Å²) in [6.07, 6.45) is 0.871. The van der Waals surface area contributed by atoms with Crippen LogP contribution in [0.15, 0.2) is 18.2 Å². The SMILES string of the molecule is COC(=O)c1cc(NCCCN)ccc1Cl. The molecule has 0 aliphatic heterocycles. The second kappa shape index (κ2) is 6.35. The molecule has 0 unspecified atom stereocenters. The summed E-state index contributed by atoms with van der Waals surface area (Å²) in [4.78, 5) is 11.4. The van der Waals surface area contributed by atoms with E-state index in [9.17, 15) is 4.79 Å². The lowest BCUT2D eigenvalue weighted by atomic mass is 10.2. The molecule has 0 bridgehead atoms. The van der Waals surface area contributed by atoms with Gasteiger partial charge in [-0.1, -0.05) is 11.6 Å². The van der Waals surface area contributed by atoms with Gasteiger partial charge in [0.05, 0.1) is 17.7 Å². The van der Waals surface area contributed by atoms with Crippen molar-refractivity contribution in [3.8, 4) is 0 Å². The van der Waals surface area contributed by atoms with E-state index in [0.29, 0.717) is 17.1 Å². The number of esters is 1. The third-order valence-corrected chi connectivity index (χ3v) is 2.41. The van der Waals surface area contributed by atoms with Crippen LogP contribution in [0.4, 0.5) is 5.69 Å². The normalized spacial score (nSPS) is 9.94. The molecule has 1 aromatic carbocycles. The first-order valence-electron chi connectivity index (χ1n) is 5.01. The van der Waals surface area contributed by atoms with Crippen molar-refractivity contribution < 1.29 is 9.53 Å². The number of nitrogens with one attached hydrogen (secondary N) is 1. The maximum atomic E-state index is 11.4. The molecule has 5 heteroatoms. The van der Waals surface area contributed by atoms with Gasteiger partial charge in [-0.3, -0.25) is 0 Å². The molecule has 0 aliphatic carbocycles. The van der Waals surface area contributed by atoms with Gasteiger partial charge in [0.15, 0.2) is 0 Å². The van der Waals surface area contributed by atoms with Crippen LogP contribution in [0.1, 0.15) is 16.8 Å². The van der Waals surface area contributed by atoms with Crippen LogP contribution < -0.4 is 11.1 Å². The van der Waals surface area contributed by atoms with E-state index in [1.807, 2.05) is 6.07 Å². The van der Waals surface area contributed by atoms with Gasteiger partial charge >= 0.3 is 5.97 Å². The van der Waals surface area contributed by atoms with Crippen LogP contribution in [0.5, 0.6) is 0 Å². The van der Waals surface area contributed by atoms with E-state index >= 15 is 0 Å². The molecule has 0 aliphatic rings. The maximum absolute atomic E-state index is 11.4. The van der Waals surface area contributed by atoms with Crippen molar-refractivity contribution in [2.75, 3.05) is 25.5 Å². The molecule has 1 aromatic rings. The van der Waals surface area contributed by atoms with Crippen LogP contribution in [0.3, 0.4) is 0 Å². The highest BCUT2D eigenvalue weighted by Gasteiger charge is 2.10. The molecule has 0 fully saturated rings. The zero-order valence-electron chi connectivity index (χ0n) is 9.13. The topological polar surface area (TPSA) is 64.3 Å². The molecule has 0 radical (unpaired) electrons. The lowest BCUT2D eigenvalue weighted by Gasteiger charge is -2.08. The highest BCUT2D eigenvalue weighted by Crippen LogP contribution is 2.21. The summed E-state index contributed by atoms with van der Waals surface area (Å²) >= 11 is 5.88. The number of ether oxygens (including phenoxy) is 1. The fourth-order valence-electron chi connectivity index (χ4n) is 1.24. The lowest BCUT2D eigenvalue weighted by molar-refractivity contribution is 0.0601. The standard InChI is InChI=1S/C11H15ClN2O2/c1-16-11(15)9-7-8(3-4-10(9)12)14-6-2-5-13/h3-4,7,14H,2,5-6,13H2,1H3. The molecule has 88 valence electrons. The summed E-state index contributed by atoms with van der Waals surface area (Å²) in [5.74, 6) is -0.438. The molecule has 0 saturated heterocycles. The lowest BCUT2D eigenvalue weighted by Crippen LogP contribution is -2.09. The van der Waals surface area contributed by atoms with Crippen LogP contribution in [0.25, 0.3) is 0 Å². The Hall–Kier alpha value is -1.26. The van der Waals surface area contributed by atoms with Crippen LogP contribution in [-0.4, -0.2) is 26.2 Å². The fraction of sp³-hybridized carbons (Fsp3) is 0.364. The summed E-state index contributed by atoms with van der Waals surface area (Å²) in [5, 5.41) is 3.53. The molecule has 0 heterocycles. The number of nitrogens with two attached hydrogens (primary N) is 1. The van der Waals surface area contributed by atoms with E-state index < -0.39 is 5.97 Å². The number of rotatable bonds is 5. The molecule has 1 rings (SSSR count). The van der Waals surface area contributed by atoms with Crippen LogP contribution in [-0.2, 0) is 4.74 Å². The van der Waals surface area contributed by atoms with Crippen molar-refractivity contribution in [3.63, 3.8) is 0 Å². The average Bonchev–Trinajstić information content (AvgIpc) is 2.30. The number of halogens is 1. The zero-order valence-corrected chi connectivity index (χ0v) is 9.88. The number of hydrogen-bond acceptors (Lipinski definition) is 4. The van der Waals surface area contributed by atoms with E-state index in [1.165, 1.54) is 7.11 Å². The third-order valence-electron chi connectivity index (χ3n) is 2.08. The van der Waals surface area contributed by atoms with Crippen LogP contribution >= 0.6 is 11.6 Å². The Bertz CT molecular complexity index is 369. The van der Waals surface area contributed by atoms with Crippen molar-refractivity contribution >= 4 is 23.3 Å². The number of carbonyl (C=O) groups is 1. The number of carbonyl (C=O) groups excluding carboxylic acids is 1. The number of methoxy groups -OCH3 is 1. The van der Waals surface area contributed by atoms with E-state index in [0.717, 1.165) is 18.7 Å². The maximum Gasteiger partial charge on any atom is 0.339 e. The Morgan fingerprint density at radius 2 is 2.31 bits per heavy atom. The molecular formula is C11H15ClN2O2. The Labute approximate surface area is 99.7 Å². The Balaban J connectivity index is 2.77. The Kier molecular flexibility index (Phi) is 5.08. The summed E-state index contributed by atoms with van der Waals surface area (Å²) in [7, 11) is 1.33. The first kappa shape index (κ1) is 12.8. The van der Waals surface area contributed by atoms with Gasteiger partial charge in [-0.25, -0.2) is 4.79 Å². The summed E-state index contributed by atoms with van der Waals surface area (Å²) in [5.41, 5.74) is 6.58. The van der Waals surface area contributed by atoms with Gasteiger partial charge < -0.3 is 15.8 Å². The van der Waals surface area contributed by atoms with Crippen LogP contribution in [0, 0.1) is 0 Å². The highest BCUT2D eigenvalue weighted by molar-refractivity contribution is 6.33. The van der Waals surface area contributed by atoms with E-state index in [2.05, 4.69) is 10.1 Å². The van der Waals surface area contributed by atoms with Crippen molar-refractivity contribution in [2.24, 2.45) is 5.73 Å². The minimum atomic E-state index is -0.438. The van der Waals surface area contributed by atoms with E-state index in [1.54, 1.807) is 12.1 Å². The van der Waals surface area contributed by atoms with Gasteiger partial charge in [0.1, 0.15) is 0 Å². The van der Waals surface area contributed by atoms with Crippen molar-refractivity contribution in [1.29, 1.82) is 0 Å². The molecule has 0 aromatic heterocycles. The van der Waals surface area contributed by atoms with Crippen molar-refractivity contribution in [1.82, 2.24) is 0 Å². The summed E-state index contributed by atoms with van der Waals surface area (Å²) < 4.78 is 4.63. The molecular weight excluding hydrogens is 228 g/mol. The molecule has 0 saturated carbocycles. The zero-order chi connectivity index (χ0) is 12.0. The minimum absolute atomic E-state index is 0.363. The second-order valence-corrected chi connectivity index (χ2v) is 3.66. The first-order valence-corrected chi connectivity index (χ1v) is 5.38. The molecule has 4 nitrogen and oxygen atoms in total. The predicted molar refractivity (Wildman–Crippen MR) is 65.0 cm³/mol. The predicted octanol–water partition coefficient (Wildman–Crippen LogP) is 1.89. The molecule has 0 spiro atoms. The van der Waals surface area contributed by atoms with E-state index in [4.69, 9.17) is 17.3 Å². The summed E-state index contributed by atoms with van der Waals surface area (Å²) in [6, 6.07) is 5.15. The number of hydrogen-bond donors (Lipinski definition) is 2. The first-order chi connectivity index (χ1) is 7.69. The fourth-order valence-corrected chi connectivity index (χ4v) is 1.43. The molecule has 0 amide bonds. The van der Waals surface area contributed by atoms with Crippen molar-refractivity contribution in [3.05, 3.63) is 28.8 Å². The smallest absolute Gasteiger partial charge is 0.339 e. The molecule has 16 heavy (non-hydrogen) atoms. The average molecular weight is 243 g/mol. The van der Waals surface area contributed by atoms with Gasteiger partial charge in [-0.05, 0) is 31.2 Å². The monoisotopic (exact) mass is 242 g/mol. The number of anilines is 1. The third kappa shape index (κ3) is 3.40. The van der Waals surface area contributed by atoms with Gasteiger partial charge in [-0.2, -0.15) is 0 Å². The second-order valence-electron chi connectivity index (χ2n) is 3.26. The molecule has 3 N–H and O–H groups in total.